The summed E-state index contributed by atoms with van der Waals surface area (Å²) in [6, 6.07) is 0.596. The molecule has 1 aliphatic carbocycles. The van der Waals surface area contributed by atoms with E-state index in [2.05, 4.69) is 29.5 Å². The Hall–Kier alpha value is -0.0800. The summed E-state index contributed by atoms with van der Waals surface area (Å²) in [4.78, 5) is 4.18. The van der Waals surface area contributed by atoms with Crippen LogP contribution in [0.2, 0.25) is 0 Å². The minimum Gasteiger partial charge on any atom is -0.379 e. The van der Waals surface area contributed by atoms with E-state index >= 15 is 0 Å². The zero-order valence-corrected chi connectivity index (χ0v) is 15.3. The van der Waals surface area contributed by atoms with Crippen LogP contribution in [0.3, 0.4) is 0 Å². The number of aliphatic imine (C=N–C) groups is 1. The van der Waals surface area contributed by atoms with Gasteiger partial charge in [0, 0.05) is 26.2 Å². The second-order valence-corrected chi connectivity index (χ2v) is 5.04. The number of nitrogens with zero attached hydrogens (tertiary/aromatic N) is 1. The van der Waals surface area contributed by atoms with Crippen LogP contribution >= 0.6 is 24.0 Å². The zero-order chi connectivity index (χ0) is 13.9. The van der Waals surface area contributed by atoms with Crippen LogP contribution in [0.5, 0.6) is 0 Å². The first kappa shape index (κ1) is 19.9. The highest BCUT2D eigenvalue weighted by Gasteiger charge is 2.33. The fourth-order valence-electron chi connectivity index (χ4n) is 1.70. The Balaban J connectivity index is 0.00000361. The monoisotopic (exact) mass is 399 g/mol. The molecular weight excluding hydrogens is 369 g/mol. The summed E-state index contributed by atoms with van der Waals surface area (Å²) in [6.45, 7) is 8.05. The lowest BCUT2D eigenvalue weighted by molar-refractivity contribution is 0.0487. The second-order valence-electron chi connectivity index (χ2n) is 5.04. The highest BCUT2D eigenvalue weighted by Crippen LogP contribution is 2.28. The molecule has 2 atom stereocenters. The Bertz CT molecular complexity index is 265. The number of hydrogen-bond donors (Lipinski definition) is 2. The molecule has 1 saturated carbocycles. The molecule has 5 nitrogen and oxygen atoms in total. The molecule has 0 aromatic carbocycles. The zero-order valence-electron chi connectivity index (χ0n) is 13.0. The Morgan fingerprint density at radius 3 is 2.40 bits per heavy atom. The quantitative estimate of drug-likeness (QED) is 0.256. The van der Waals surface area contributed by atoms with Gasteiger partial charge >= 0.3 is 0 Å². The van der Waals surface area contributed by atoms with Gasteiger partial charge in [0.1, 0.15) is 0 Å². The van der Waals surface area contributed by atoms with Crippen LogP contribution in [-0.4, -0.2) is 52.0 Å². The summed E-state index contributed by atoms with van der Waals surface area (Å²) >= 11 is 0. The number of ether oxygens (including phenoxy) is 2. The van der Waals surface area contributed by atoms with Crippen molar-refractivity contribution in [3.8, 4) is 0 Å². The molecule has 0 radical (unpaired) electrons. The highest BCUT2D eigenvalue weighted by atomic mass is 127. The van der Waals surface area contributed by atoms with Crippen molar-refractivity contribution in [2.24, 2.45) is 10.9 Å². The van der Waals surface area contributed by atoms with Crippen LogP contribution in [0.4, 0.5) is 0 Å². The lowest BCUT2D eigenvalue weighted by atomic mass is 10.4. The van der Waals surface area contributed by atoms with E-state index < -0.39 is 0 Å². The number of nitrogens with one attached hydrogen (secondary N) is 2. The molecule has 0 aliphatic heterocycles. The van der Waals surface area contributed by atoms with Crippen LogP contribution in [0, 0.1) is 5.92 Å². The number of unbranched alkanes of at least 4 members (excludes halogenated alkanes) is 1. The topological polar surface area (TPSA) is 54.9 Å². The average molecular weight is 399 g/mol. The molecule has 1 rings (SSSR count). The van der Waals surface area contributed by atoms with Crippen molar-refractivity contribution >= 4 is 29.9 Å². The Labute approximate surface area is 140 Å². The number of hydrogen-bond acceptors (Lipinski definition) is 3. The van der Waals surface area contributed by atoms with Gasteiger partial charge in [-0.05, 0) is 18.8 Å². The van der Waals surface area contributed by atoms with E-state index in [9.17, 15) is 0 Å². The molecule has 0 saturated heterocycles. The SMILES string of the molecule is CCCCOCCOCCNC(=NC)NC1CC1C.I. The fourth-order valence-corrected chi connectivity index (χ4v) is 1.70. The van der Waals surface area contributed by atoms with Gasteiger partial charge in [-0.1, -0.05) is 20.3 Å². The van der Waals surface area contributed by atoms with Crippen LogP contribution in [-0.2, 0) is 9.47 Å². The normalized spacial score (nSPS) is 21.2. The minimum absolute atomic E-state index is 0. The molecule has 2 unspecified atom stereocenters. The molecule has 6 heteroatoms. The van der Waals surface area contributed by atoms with E-state index in [1.807, 2.05) is 0 Å². The van der Waals surface area contributed by atoms with Gasteiger partial charge in [0.25, 0.3) is 0 Å². The van der Waals surface area contributed by atoms with Gasteiger partial charge in [-0.25, -0.2) is 0 Å². The molecule has 1 aliphatic rings. The fraction of sp³-hybridized carbons (Fsp3) is 0.929. The standard InChI is InChI=1S/C14H29N3O2.HI/c1-4-5-7-18-9-10-19-8-6-16-14(15-3)17-13-11-12(13)2;/h12-13H,4-11H2,1-3H3,(H2,15,16,17);1H. The summed E-state index contributed by atoms with van der Waals surface area (Å²) in [5, 5.41) is 6.62. The average Bonchev–Trinajstić information content (AvgIpc) is 3.11. The van der Waals surface area contributed by atoms with E-state index in [-0.39, 0.29) is 24.0 Å². The third kappa shape index (κ3) is 9.77. The molecule has 20 heavy (non-hydrogen) atoms. The summed E-state index contributed by atoms with van der Waals surface area (Å²) in [7, 11) is 1.80. The van der Waals surface area contributed by atoms with Crippen LogP contribution < -0.4 is 10.6 Å². The second kappa shape index (κ2) is 12.6. The van der Waals surface area contributed by atoms with Gasteiger partial charge in [-0.3, -0.25) is 4.99 Å². The first-order chi connectivity index (χ1) is 9.27. The first-order valence-electron chi connectivity index (χ1n) is 7.40. The summed E-state index contributed by atoms with van der Waals surface area (Å²) in [6.07, 6.45) is 3.55. The van der Waals surface area contributed by atoms with Crippen LogP contribution in [0.25, 0.3) is 0 Å². The summed E-state index contributed by atoms with van der Waals surface area (Å²) in [5.41, 5.74) is 0. The molecule has 0 heterocycles. The maximum atomic E-state index is 5.48. The van der Waals surface area contributed by atoms with Gasteiger partial charge in [-0.15, -0.1) is 24.0 Å². The van der Waals surface area contributed by atoms with Crippen LogP contribution in [0.1, 0.15) is 33.1 Å². The smallest absolute Gasteiger partial charge is 0.191 e. The molecule has 2 N–H and O–H groups in total. The van der Waals surface area contributed by atoms with Crippen molar-refractivity contribution in [2.75, 3.05) is 40.0 Å². The molecule has 120 valence electrons. The van der Waals surface area contributed by atoms with Crippen molar-refractivity contribution in [3.63, 3.8) is 0 Å². The first-order valence-corrected chi connectivity index (χ1v) is 7.40. The molecule has 0 aromatic rings. The van der Waals surface area contributed by atoms with E-state index in [0.29, 0.717) is 25.9 Å². The third-order valence-electron chi connectivity index (χ3n) is 3.21. The lowest BCUT2D eigenvalue weighted by Gasteiger charge is -2.11. The molecule has 0 bridgehead atoms. The third-order valence-corrected chi connectivity index (χ3v) is 3.21. The Morgan fingerprint density at radius 1 is 1.20 bits per heavy atom. The molecule has 1 fully saturated rings. The number of halogens is 1. The highest BCUT2D eigenvalue weighted by molar-refractivity contribution is 14.0. The number of rotatable bonds is 10. The Kier molecular flexibility index (Phi) is 12.6. The van der Waals surface area contributed by atoms with Crippen molar-refractivity contribution < 1.29 is 9.47 Å². The van der Waals surface area contributed by atoms with E-state index in [1.165, 1.54) is 12.8 Å². The number of guanidine groups is 1. The predicted molar refractivity (Wildman–Crippen MR) is 94.0 cm³/mol. The summed E-state index contributed by atoms with van der Waals surface area (Å²) in [5.74, 6) is 1.65. The van der Waals surface area contributed by atoms with Crippen molar-refractivity contribution in [3.05, 3.63) is 0 Å². The molecular formula is C14H30IN3O2. The largest absolute Gasteiger partial charge is 0.379 e. The van der Waals surface area contributed by atoms with E-state index in [1.54, 1.807) is 7.05 Å². The van der Waals surface area contributed by atoms with Crippen molar-refractivity contribution in [1.29, 1.82) is 0 Å². The van der Waals surface area contributed by atoms with Crippen LogP contribution in [0.15, 0.2) is 4.99 Å². The molecule has 0 spiro atoms. The van der Waals surface area contributed by atoms with Crippen molar-refractivity contribution in [1.82, 2.24) is 10.6 Å². The van der Waals surface area contributed by atoms with Gasteiger partial charge in [0.2, 0.25) is 0 Å². The van der Waals surface area contributed by atoms with E-state index in [4.69, 9.17) is 9.47 Å². The minimum atomic E-state index is 0. The Morgan fingerprint density at radius 2 is 1.85 bits per heavy atom. The van der Waals surface area contributed by atoms with Crippen molar-refractivity contribution in [2.45, 2.75) is 39.2 Å². The van der Waals surface area contributed by atoms with Gasteiger partial charge < -0.3 is 20.1 Å². The molecule has 0 aromatic heterocycles. The predicted octanol–water partition coefficient (Wildman–Crippen LogP) is 2.01. The molecule has 0 amide bonds. The maximum absolute atomic E-state index is 5.48. The lowest BCUT2D eigenvalue weighted by Crippen LogP contribution is -2.40. The van der Waals surface area contributed by atoms with Gasteiger partial charge in [0.15, 0.2) is 5.96 Å². The van der Waals surface area contributed by atoms with Gasteiger partial charge in [0.05, 0.1) is 19.8 Å². The maximum Gasteiger partial charge on any atom is 0.191 e. The van der Waals surface area contributed by atoms with Gasteiger partial charge in [-0.2, -0.15) is 0 Å². The van der Waals surface area contributed by atoms with E-state index in [0.717, 1.165) is 31.4 Å². The summed E-state index contributed by atoms with van der Waals surface area (Å²) < 4.78 is 10.9.